The first-order valence-corrected chi connectivity index (χ1v) is 8.01. The monoisotopic (exact) mass is 385 g/mol. The van der Waals surface area contributed by atoms with Crippen LogP contribution in [-0.2, 0) is 11.2 Å². The standard InChI is InChI=1S/C17H18ClF2N3O3/c1-25-13-10-11(9-12(18)16(13)26-2)3-4-15(24)22-6-5-14-21-7-8-23(14)17(19)20/h3-4,7-10,17H,5-6H2,1-2H3,(H,22,24)/b4-3+. The lowest BCUT2D eigenvalue weighted by Gasteiger charge is -2.10. The summed E-state index contributed by atoms with van der Waals surface area (Å²) in [6.07, 6.45) is 5.56. The van der Waals surface area contributed by atoms with Gasteiger partial charge in [0.15, 0.2) is 11.5 Å². The van der Waals surface area contributed by atoms with Crippen LogP contribution in [0, 0.1) is 0 Å². The number of amides is 1. The van der Waals surface area contributed by atoms with E-state index in [2.05, 4.69) is 10.3 Å². The van der Waals surface area contributed by atoms with Gasteiger partial charge in [-0.1, -0.05) is 11.6 Å². The molecular weight excluding hydrogens is 368 g/mol. The Hall–Kier alpha value is -2.61. The Kier molecular flexibility index (Phi) is 6.97. The Balaban J connectivity index is 1.93. The van der Waals surface area contributed by atoms with Crippen LogP contribution in [0.5, 0.6) is 11.5 Å². The van der Waals surface area contributed by atoms with Gasteiger partial charge in [-0.2, -0.15) is 8.78 Å². The molecule has 0 spiro atoms. The number of hydrogen-bond acceptors (Lipinski definition) is 4. The minimum absolute atomic E-state index is 0.180. The van der Waals surface area contributed by atoms with Crippen LogP contribution in [0.2, 0.25) is 5.02 Å². The van der Waals surface area contributed by atoms with E-state index in [9.17, 15) is 13.6 Å². The molecule has 6 nitrogen and oxygen atoms in total. The van der Waals surface area contributed by atoms with E-state index in [-0.39, 0.29) is 24.7 Å². The van der Waals surface area contributed by atoms with E-state index < -0.39 is 6.55 Å². The molecule has 9 heteroatoms. The van der Waals surface area contributed by atoms with Crippen LogP contribution in [0.1, 0.15) is 17.9 Å². The van der Waals surface area contributed by atoms with Gasteiger partial charge in [0.1, 0.15) is 5.82 Å². The average molecular weight is 386 g/mol. The lowest BCUT2D eigenvalue weighted by Crippen LogP contribution is -2.24. The highest BCUT2D eigenvalue weighted by Gasteiger charge is 2.11. The zero-order valence-electron chi connectivity index (χ0n) is 14.2. The number of nitrogens with one attached hydrogen (secondary N) is 1. The summed E-state index contributed by atoms with van der Waals surface area (Å²) in [5.74, 6) is 0.686. The maximum Gasteiger partial charge on any atom is 0.319 e. The van der Waals surface area contributed by atoms with Crippen LogP contribution < -0.4 is 14.8 Å². The number of ether oxygens (including phenoxy) is 2. The van der Waals surface area contributed by atoms with E-state index in [0.717, 1.165) is 4.57 Å². The predicted molar refractivity (Wildman–Crippen MR) is 93.8 cm³/mol. The van der Waals surface area contributed by atoms with Gasteiger partial charge < -0.3 is 14.8 Å². The molecule has 0 atom stereocenters. The Morgan fingerprint density at radius 1 is 1.38 bits per heavy atom. The molecule has 0 aliphatic carbocycles. The minimum atomic E-state index is -2.65. The molecule has 0 radical (unpaired) electrons. The Morgan fingerprint density at radius 2 is 2.15 bits per heavy atom. The number of imidazole rings is 1. The van der Waals surface area contributed by atoms with E-state index >= 15 is 0 Å². The number of benzene rings is 1. The van der Waals surface area contributed by atoms with Crippen molar-refractivity contribution < 1.29 is 23.0 Å². The maximum absolute atomic E-state index is 12.7. The molecule has 0 saturated carbocycles. The molecule has 0 aliphatic heterocycles. The number of rotatable bonds is 8. The van der Waals surface area contributed by atoms with Crippen molar-refractivity contribution in [3.8, 4) is 11.5 Å². The van der Waals surface area contributed by atoms with E-state index in [0.29, 0.717) is 22.1 Å². The van der Waals surface area contributed by atoms with Crippen LogP contribution in [0.4, 0.5) is 8.78 Å². The first-order valence-electron chi connectivity index (χ1n) is 7.63. The van der Waals surface area contributed by atoms with E-state index in [1.807, 2.05) is 0 Å². The number of nitrogens with zero attached hydrogens (tertiary/aromatic N) is 2. The van der Waals surface area contributed by atoms with Crippen LogP contribution >= 0.6 is 11.6 Å². The van der Waals surface area contributed by atoms with Gasteiger partial charge in [-0.05, 0) is 23.8 Å². The van der Waals surface area contributed by atoms with Crippen LogP contribution in [-0.4, -0.2) is 36.2 Å². The zero-order valence-corrected chi connectivity index (χ0v) is 15.0. The molecule has 1 aromatic carbocycles. The number of halogens is 3. The van der Waals surface area contributed by atoms with Crippen molar-refractivity contribution in [1.29, 1.82) is 0 Å². The number of carbonyl (C=O) groups is 1. The third-order valence-corrected chi connectivity index (χ3v) is 3.77. The third-order valence-electron chi connectivity index (χ3n) is 3.49. The summed E-state index contributed by atoms with van der Waals surface area (Å²) in [4.78, 5) is 15.7. The molecule has 1 heterocycles. The van der Waals surface area contributed by atoms with Gasteiger partial charge in [-0.25, -0.2) is 4.98 Å². The summed E-state index contributed by atoms with van der Waals surface area (Å²) in [5, 5.41) is 2.96. The SMILES string of the molecule is COc1cc(/C=C/C(=O)NCCc2nccn2C(F)F)cc(Cl)c1OC. The second-order valence-electron chi connectivity index (χ2n) is 5.14. The van der Waals surface area contributed by atoms with Crippen molar-refractivity contribution in [3.63, 3.8) is 0 Å². The first-order chi connectivity index (χ1) is 12.5. The lowest BCUT2D eigenvalue weighted by atomic mass is 10.2. The second kappa shape index (κ2) is 9.19. The first kappa shape index (κ1) is 19.7. The van der Waals surface area contributed by atoms with Crippen molar-refractivity contribution in [2.45, 2.75) is 13.0 Å². The second-order valence-corrected chi connectivity index (χ2v) is 5.55. The molecule has 140 valence electrons. The molecular formula is C17H18ClF2N3O3. The lowest BCUT2D eigenvalue weighted by molar-refractivity contribution is -0.116. The number of aromatic nitrogens is 2. The Labute approximate surface area is 154 Å². The molecule has 0 saturated heterocycles. The maximum atomic E-state index is 12.7. The average Bonchev–Trinajstić information content (AvgIpc) is 3.08. The van der Waals surface area contributed by atoms with E-state index in [1.165, 1.54) is 32.7 Å². The summed E-state index contributed by atoms with van der Waals surface area (Å²) in [6, 6.07) is 3.31. The quantitative estimate of drug-likeness (QED) is 0.708. The normalized spacial score (nSPS) is 11.2. The molecule has 0 fully saturated rings. The van der Waals surface area contributed by atoms with Gasteiger partial charge in [0, 0.05) is 31.4 Å². The summed E-state index contributed by atoms with van der Waals surface area (Å²) in [5.41, 5.74) is 0.649. The molecule has 1 aromatic heterocycles. The topological polar surface area (TPSA) is 65.4 Å². The minimum Gasteiger partial charge on any atom is -0.493 e. The van der Waals surface area contributed by atoms with Crippen LogP contribution in [0.15, 0.2) is 30.6 Å². The number of methoxy groups -OCH3 is 2. The highest BCUT2D eigenvalue weighted by Crippen LogP contribution is 2.36. The third kappa shape index (κ3) is 4.95. The molecule has 1 N–H and O–H groups in total. The van der Waals surface area contributed by atoms with Gasteiger partial charge >= 0.3 is 6.55 Å². The van der Waals surface area contributed by atoms with Gasteiger partial charge in [-0.3, -0.25) is 9.36 Å². The fourth-order valence-electron chi connectivity index (χ4n) is 2.28. The molecule has 0 bridgehead atoms. The summed E-state index contributed by atoms with van der Waals surface area (Å²) in [7, 11) is 2.96. The molecule has 26 heavy (non-hydrogen) atoms. The van der Waals surface area contributed by atoms with Gasteiger partial charge in [0.05, 0.1) is 19.2 Å². The Bertz CT molecular complexity index is 794. The summed E-state index contributed by atoms with van der Waals surface area (Å²) in [6.45, 7) is -2.47. The van der Waals surface area contributed by atoms with Crippen molar-refractivity contribution in [1.82, 2.24) is 14.9 Å². The molecule has 0 aliphatic rings. The largest absolute Gasteiger partial charge is 0.493 e. The van der Waals surface area contributed by atoms with E-state index in [1.54, 1.807) is 18.2 Å². The van der Waals surface area contributed by atoms with Crippen molar-refractivity contribution in [3.05, 3.63) is 47.0 Å². The van der Waals surface area contributed by atoms with Gasteiger partial charge in [-0.15, -0.1) is 0 Å². The highest BCUT2D eigenvalue weighted by atomic mass is 35.5. The summed E-state index contributed by atoms with van der Waals surface area (Å²) >= 11 is 6.10. The number of hydrogen-bond donors (Lipinski definition) is 1. The van der Waals surface area contributed by atoms with E-state index in [4.69, 9.17) is 21.1 Å². The number of alkyl halides is 2. The molecule has 2 rings (SSSR count). The van der Waals surface area contributed by atoms with Crippen molar-refractivity contribution in [2.75, 3.05) is 20.8 Å². The van der Waals surface area contributed by atoms with Gasteiger partial charge in [0.2, 0.25) is 5.91 Å². The van der Waals surface area contributed by atoms with Gasteiger partial charge in [0.25, 0.3) is 0 Å². The molecule has 1 amide bonds. The fraction of sp³-hybridized carbons (Fsp3) is 0.294. The van der Waals surface area contributed by atoms with Crippen molar-refractivity contribution in [2.24, 2.45) is 0 Å². The number of carbonyl (C=O) groups excluding carboxylic acids is 1. The zero-order chi connectivity index (χ0) is 19.1. The molecule has 0 unspecified atom stereocenters. The molecule has 2 aromatic rings. The highest BCUT2D eigenvalue weighted by molar-refractivity contribution is 6.32. The smallest absolute Gasteiger partial charge is 0.319 e. The van der Waals surface area contributed by atoms with Crippen molar-refractivity contribution >= 4 is 23.6 Å². The predicted octanol–water partition coefficient (Wildman–Crippen LogP) is 3.32. The van der Waals surface area contributed by atoms with Crippen LogP contribution in [0.25, 0.3) is 6.08 Å². The van der Waals surface area contributed by atoms with Crippen LogP contribution in [0.3, 0.4) is 0 Å². The Morgan fingerprint density at radius 3 is 2.81 bits per heavy atom. The summed E-state index contributed by atoms with van der Waals surface area (Å²) < 4.78 is 36.5. The fourth-order valence-corrected chi connectivity index (χ4v) is 2.57.